The highest BCUT2D eigenvalue weighted by molar-refractivity contribution is 6.07. The lowest BCUT2D eigenvalue weighted by Gasteiger charge is -2.12. The molecular formula is C17H19N3O2. The van der Waals surface area contributed by atoms with E-state index in [2.05, 4.69) is 10.6 Å². The summed E-state index contributed by atoms with van der Waals surface area (Å²) in [6, 6.07) is 14.3. The molecule has 0 saturated heterocycles. The van der Waals surface area contributed by atoms with Crippen LogP contribution >= 0.6 is 0 Å². The predicted molar refractivity (Wildman–Crippen MR) is 87.9 cm³/mol. The van der Waals surface area contributed by atoms with E-state index in [9.17, 15) is 9.59 Å². The Morgan fingerprint density at radius 1 is 0.955 bits per heavy atom. The first-order chi connectivity index (χ1) is 10.6. The van der Waals surface area contributed by atoms with Crippen LogP contribution in [0.25, 0.3) is 0 Å². The van der Waals surface area contributed by atoms with Crippen molar-refractivity contribution in [3.05, 3.63) is 59.7 Å². The zero-order valence-electron chi connectivity index (χ0n) is 12.4. The van der Waals surface area contributed by atoms with Crippen LogP contribution in [0.15, 0.2) is 48.5 Å². The molecule has 0 fully saturated rings. The average molecular weight is 297 g/mol. The number of rotatable bonds is 5. The molecule has 0 bridgehead atoms. The molecule has 5 nitrogen and oxygen atoms in total. The number of carbonyl (C=O) groups is 2. The van der Waals surface area contributed by atoms with Gasteiger partial charge >= 0.3 is 0 Å². The smallest absolute Gasteiger partial charge is 0.255 e. The normalized spacial score (nSPS) is 10.1. The van der Waals surface area contributed by atoms with Crippen molar-refractivity contribution in [1.29, 1.82) is 0 Å². The molecule has 22 heavy (non-hydrogen) atoms. The second-order valence-corrected chi connectivity index (χ2v) is 4.95. The monoisotopic (exact) mass is 297 g/mol. The lowest BCUT2D eigenvalue weighted by molar-refractivity contribution is -0.116. The number of para-hydroxylation sites is 2. The van der Waals surface area contributed by atoms with E-state index in [1.165, 1.54) is 0 Å². The highest BCUT2D eigenvalue weighted by atomic mass is 16.2. The molecule has 2 aromatic carbocycles. The minimum absolute atomic E-state index is 0.181. The molecule has 2 amide bonds. The fourth-order valence-electron chi connectivity index (χ4n) is 1.94. The van der Waals surface area contributed by atoms with Gasteiger partial charge in [-0.25, -0.2) is 0 Å². The largest absolute Gasteiger partial charge is 0.330 e. The molecule has 0 atom stereocenters. The third-order valence-electron chi connectivity index (χ3n) is 3.13. The number of anilines is 2. The van der Waals surface area contributed by atoms with E-state index in [-0.39, 0.29) is 24.8 Å². The summed E-state index contributed by atoms with van der Waals surface area (Å²) in [7, 11) is 0. The van der Waals surface area contributed by atoms with Gasteiger partial charge in [-0.3, -0.25) is 9.59 Å². The molecule has 114 valence electrons. The van der Waals surface area contributed by atoms with Crippen LogP contribution in [0.2, 0.25) is 0 Å². The van der Waals surface area contributed by atoms with Crippen LogP contribution in [0.4, 0.5) is 11.4 Å². The van der Waals surface area contributed by atoms with Crippen LogP contribution in [-0.2, 0) is 4.79 Å². The molecule has 0 spiro atoms. The molecule has 0 radical (unpaired) electrons. The second-order valence-electron chi connectivity index (χ2n) is 4.95. The van der Waals surface area contributed by atoms with Crippen LogP contribution in [0.1, 0.15) is 22.3 Å². The highest BCUT2D eigenvalue weighted by Gasteiger charge is 2.10. The molecule has 0 aromatic heterocycles. The Labute approximate surface area is 129 Å². The molecule has 0 saturated carbocycles. The van der Waals surface area contributed by atoms with Crippen molar-refractivity contribution >= 4 is 23.2 Å². The lowest BCUT2D eigenvalue weighted by Crippen LogP contribution is -2.18. The van der Waals surface area contributed by atoms with Crippen LogP contribution in [0.3, 0.4) is 0 Å². The first kappa shape index (κ1) is 15.7. The van der Waals surface area contributed by atoms with E-state index >= 15 is 0 Å². The third kappa shape index (κ3) is 4.17. The summed E-state index contributed by atoms with van der Waals surface area (Å²) in [6.45, 7) is 2.24. The van der Waals surface area contributed by atoms with Gasteiger partial charge in [0.2, 0.25) is 5.91 Å². The Bertz CT molecular complexity index is 666. The topological polar surface area (TPSA) is 84.2 Å². The van der Waals surface area contributed by atoms with Gasteiger partial charge in [0.15, 0.2) is 0 Å². The maximum atomic E-state index is 12.2. The molecular weight excluding hydrogens is 278 g/mol. The van der Waals surface area contributed by atoms with Gasteiger partial charge in [-0.15, -0.1) is 0 Å². The third-order valence-corrected chi connectivity index (χ3v) is 3.13. The molecule has 2 aromatic rings. The zero-order valence-corrected chi connectivity index (χ0v) is 12.4. The standard InChI is InChI=1S/C17H19N3O2/c1-12-6-8-13(9-7-12)17(22)20-15-5-3-2-4-14(15)19-16(21)10-11-18/h2-9H,10-11,18H2,1H3,(H,19,21)(H,20,22). The molecule has 0 heterocycles. The summed E-state index contributed by atoms with van der Waals surface area (Å²) >= 11 is 0. The summed E-state index contributed by atoms with van der Waals surface area (Å²) in [5.41, 5.74) is 8.12. The molecule has 0 aliphatic rings. The lowest BCUT2D eigenvalue weighted by atomic mass is 10.1. The van der Waals surface area contributed by atoms with Gasteiger partial charge in [-0.2, -0.15) is 0 Å². The number of benzene rings is 2. The van der Waals surface area contributed by atoms with E-state index in [0.717, 1.165) is 5.56 Å². The van der Waals surface area contributed by atoms with Gasteiger partial charge in [0.25, 0.3) is 5.91 Å². The molecule has 2 rings (SSSR count). The van der Waals surface area contributed by atoms with E-state index in [4.69, 9.17) is 5.73 Å². The van der Waals surface area contributed by atoms with E-state index < -0.39 is 0 Å². The Morgan fingerprint density at radius 2 is 1.55 bits per heavy atom. The van der Waals surface area contributed by atoms with Crippen LogP contribution in [-0.4, -0.2) is 18.4 Å². The predicted octanol–water partition coefficient (Wildman–Crippen LogP) is 2.53. The van der Waals surface area contributed by atoms with Crippen LogP contribution in [0, 0.1) is 6.92 Å². The van der Waals surface area contributed by atoms with Crippen molar-refractivity contribution in [3.8, 4) is 0 Å². The van der Waals surface area contributed by atoms with Crippen molar-refractivity contribution in [1.82, 2.24) is 0 Å². The molecule has 4 N–H and O–H groups in total. The van der Waals surface area contributed by atoms with Gasteiger partial charge in [-0.05, 0) is 31.2 Å². The number of nitrogens with two attached hydrogens (primary N) is 1. The molecule has 0 aliphatic carbocycles. The van der Waals surface area contributed by atoms with Gasteiger partial charge in [0, 0.05) is 18.5 Å². The van der Waals surface area contributed by atoms with Crippen molar-refractivity contribution in [2.45, 2.75) is 13.3 Å². The Hall–Kier alpha value is -2.66. The fourth-order valence-corrected chi connectivity index (χ4v) is 1.94. The van der Waals surface area contributed by atoms with Gasteiger partial charge in [0.05, 0.1) is 11.4 Å². The summed E-state index contributed by atoms with van der Waals surface area (Å²) in [5.74, 6) is -0.403. The van der Waals surface area contributed by atoms with Crippen LogP contribution < -0.4 is 16.4 Å². The number of hydrogen-bond donors (Lipinski definition) is 3. The minimum atomic E-state index is -0.222. The van der Waals surface area contributed by atoms with E-state index in [1.54, 1.807) is 36.4 Å². The number of hydrogen-bond acceptors (Lipinski definition) is 3. The second kappa shape index (κ2) is 7.38. The summed E-state index contributed by atoms with van der Waals surface area (Å²) in [4.78, 5) is 23.9. The number of carbonyl (C=O) groups excluding carboxylic acids is 2. The van der Waals surface area contributed by atoms with Crippen molar-refractivity contribution in [2.24, 2.45) is 5.73 Å². The van der Waals surface area contributed by atoms with E-state index in [1.807, 2.05) is 19.1 Å². The zero-order chi connectivity index (χ0) is 15.9. The Kier molecular flexibility index (Phi) is 5.27. The van der Waals surface area contributed by atoms with Gasteiger partial charge in [-0.1, -0.05) is 29.8 Å². The molecule has 0 aliphatic heterocycles. The highest BCUT2D eigenvalue weighted by Crippen LogP contribution is 2.22. The quantitative estimate of drug-likeness (QED) is 0.793. The Morgan fingerprint density at radius 3 is 2.14 bits per heavy atom. The number of amides is 2. The Balaban J connectivity index is 2.13. The minimum Gasteiger partial charge on any atom is -0.330 e. The maximum Gasteiger partial charge on any atom is 0.255 e. The average Bonchev–Trinajstić information content (AvgIpc) is 2.50. The number of aryl methyl sites for hydroxylation is 1. The van der Waals surface area contributed by atoms with Crippen molar-refractivity contribution in [3.63, 3.8) is 0 Å². The summed E-state index contributed by atoms with van der Waals surface area (Å²) in [6.07, 6.45) is 0.236. The maximum absolute atomic E-state index is 12.2. The first-order valence-electron chi connectivity index (χ1n) is 7.07. The summed E-state index contributed by atoms with van der Waals surface area (Å²) < 4.78 is 0. The first-order valence-corrected chi connectivity index (χ1v) is 7.07. The van der Waals surface area contributed by atoms with Crippen molar-refractivity contribution < 1.29 is 9.59 Å². The van der Waals surface area contributed by atoms with Gasteiger partial charge < -0.3 is 16.4 Å². The van der Waals surface area contributed by atoms with Gasteiger partial charge in [0.1, 0.15) is 0 Å². The number of nitrogens with one attached hydrogen (secondary N) is 2. The van der Waals surface area contributed by atoms with Crippen LogP contribution in [0.5, 0.6) is 0 Å². The SMILES string of the molecule is Cc1ccc(C(=O)Nc2ccccc2NC(=O)CCN)cc1. The fraction of sp³-hybridized carbons (Fsp3) is 0.176. The van der Waals surface area contributed by atoms with Crippen molar-refractivity contribution in [2.75, 3.05) is 17.2 Å². The summed E-state index contributed by atoms with van der Waals surface area (Å²) in [5, 5.41) is 5.55. The molecule has 5 heteroatoms. The van der Waals surface area contributed by atoms with E-state index in [0.29, 0.717) is 16.9 Å². The molecule has 0 unspecified atom stereocenters.